The van der Waals surface area contributed by atoms with E-state index >= 15 is 0 Å². The Morgan fingerprint density at radius 1 is 1.47 bits per heavy atom. The first-order valence-corrected chi connectivity index (χ1v) is 5.73. The molecule has 0 aromatic carbocycles. The SMILES string of the molecule is C#CCCCNC(=O)N[C@H](C(=O)O)[C@@H](C)CC. The number of terminal acetylenes is 1. The molecule has 0 rings (SSSR count). The molecule has 0 aromatic heterocycles. The van der Waals surface area contributed by atoms with Crippen molar-refractivity contribution in [1.29, 1.82) is 0 Å². The highest BCUT2D eigenvalue weighted by Gasteiger charge is 2.24. The van der Waals surface area contributed by atoms with Crippen molar-refractivity contribution < 1.29 is 14.7 Å². The molecule has 2 amide bonds. The second-order valence-corrected chi connectivity index (χ2v) is 3.91. The Morgan fingerprint density at radius 2 is 2.12 bits per heavy atom. The van der Waals surface area contributed by atoms with Crippen molar-refractivity contribution in [3.63, 3.8) is 0 Å². The van der Waals surface area contributed by atoms with Crippen molar-refractivity contribution >= 4 is 12.0 Å². The molecule has 0 fully saturated rings. The predicted molar refractivity (Wildman–Crippen MR) is 65.5 cm³/mol. The Kier molecular flexibility index (Phi) is 7.61. The lowest BCUT2D eigenvalue weighted by Crippen LogP contribution is -2.49. The van der Waals surface area contributed by atoms with Crippen LogP contribution >= 0.6 is 0 Å². The van der Waals surface area contributed by atoms with Crippen LogP contribution in [-0.4, -0.2) is 29.7 Å². The summed E-state index contributed by atoms with van der Waals surface area (Å²) >= 11 is 0. The normalized spacial score (nSPS) is 13.2. The molecule has 0 saturated heterocycles. The molecule has 0 aromatic rings. The standard InChI is InChI=1S/C12H20N2O3/c1-4-6-7-8-13-12(17)14-10(11(15)16)9(3)5-2/h1,9-10H,5-8H2,2-3H3,(H,15,16)(H2,13,14,17)/t9-,10-/m0/s1. The molecule has 0 aliphatic heterocycles. The third-order valence-electron chi connectivity index (χ3n) is 2.55. The van der Waals surface area contributed by atoms with Crippen LogP contribution in [0.3, 0.4) is 0 Å². The molecular formula is C12H20N2O3. The summed E-state index contributed by atoms with van der Waals surface area (Å²) in [5.74, 6) is 1.34. The fourth-order valence-corrected chi connectivity index (χ4v) is 1.27. The number of urea groups is 1. The second kappa shape index (κ2) is 8.45. The first-order chi connectivity index (χ1) is 8.02. The van der Waals surface area contributed by atoms with Gasteiger partial charge in [-0.05, 0) is 12.3 Å². The maximum Gasteiger partial charge on any atom is 0.326 e. The molecule has 0 aliphatic carbocycles. The van der Waals surface area contributed by atoms with Crippen LogP contribution in [0.2, 0.25) is 0 Å². The number of carbonyl (C=O) groups is 2. The Hall–Kier alpha value is -1.70. The number of rotatable bonds is 7. The zero-order chi connectivity index (χ0) is 13.3. The average Bonchev–Trinajstić information content (AvgIpc) is 2.30. The third-order valence-corrected chi connectivity index (χ3v) is 2.55. The summed E-state index contributed by atoms with van der Waals surface area (Å²) < 4.78 is 0. The molecule has 0 saturated carbocycles. The van der Waals surface area contributed by atoms with Crippen molar-refractivity contribution in [3.05, 3.63) is 0 Å². The predicted octanol–water partition coefficient (Wildman–Crippen LogP) is 1.20. The highest BCUT2D eigenvalue weighted by molar-refractivity contribution is 5.82. The van der Waals surface area contributed by atoms with Crippen LogP contribution in [0.1, 0.15) is 33.1 Å². The van der Waals surface area contributed by atoms with Crippen molar-refractivity contribution in [2.45, 2.75) is 39.2 Å². The van der Waals surface area contributed by atoms with Gasteiger partial charge in [-0.2, -0.15) is 0 Å². The highest BCUT2D eigenvalue weighted by Crippen LogP contribution is 2.07. The largest absolute Gasteiger partial charge is 0.480 e. The molecule has 0 radical (unpaired) electrons. The fourth-order valence-electron chi connectivity index (χ4n) is 1.27. The zero-order valence-electron chi connectivity index (χ0n) is 10.3. The average molecular weight is 240 g/mol. The van der Waals surface area contributed by atoms with Gasteiger partial charge in [-0.3, -0.25) is 0 Å². The summed E-state index contributed by atoms with van der Waals surface area (Å²) in [6.07, 6.45) is 7.03. The summed E-state index contributed by atoms with van der Waals surface area (Å²) in [7, 11) is 0. The third kappa shape index (κ3) is 6.46. The van der Waals surface area contributed by atoms with E-state index in [1.807, 2.05) is 6.92 Å². The van der Waals surface area contributed by atoms with Crippen LogP contribution in [0.5, 0.6) is 0 Å². The molecular weight excluding hydrogens is 220 g/mol. The molecule has 0 unspecified atom stereocenters. The van der Waals surface area contributed by atoms with Gasteiger partial charge in [-0.15, -0.1) is 12.3 Å². The van der Waals surface area contributed by atoms with Crippen LogP contribution in [0, 0.1) is 18.3 Å². The molecule has 5 heteroatoms. The van der Waals surface area contributed by atoms with Gasteiger partial charge < -0.3 is 15.7 Å². The van der Waals surface area contributed by atoms with Gasteiger partial charge in [0.1, 0.15) is 6.04 Å². The number of hydrogen-bond donors (Lipinski definition) is 3. The van der Waals surface area contributed by atoms with E-state index in [-0.39, 0.29) is 5.92 Å². The highest BCUT2D eigenvalue weighted by atomic mass is 16.4. The second-order valence-electron chi connectivity index (χ2n) is 3.91. The van der Waals surface area contributed by atoms with E-state index < -0.39 is 18.0 Å². The number of carbonyl (C=O) groups excluding carboxylic acids is 1. The van der Waals surface area contributed by atoms with Gasteiger partial charge >= 0.3 is 12.0 Å². The fraction of sp³-hybridized carbons (Fsp3) is 0.667. The number of carboxylic acid groups (broad SMARTS) is 1. The topological polar surface area (TPSA) is 78.4 Å². The number of amides is 2. The number of unbranched alkanes of at least 4 members (excludes halogenated alkanes) is 1. The Bertz CT molecular complexity index is 297. The van der Waals surface area contributed by atoms with E-state index in [1.54, 1.807) is 6.92 Å². The maximum atomic E-state index is 11.4. The smallest absolute Gasteiger partial charge is 0.326 e. The van der Waals surface area contributed by atoms with Crippen LogP contribution in [0.15, 0.2) is 0 Å². The van der Waals surface area contributed by atoms with E-state index in [1.165, 1.54) is 0 Å². The van der Waals surface area contributed by atoms with E-state index in [9.17, 15) is 9.59 Å². The number of hydrogen-bond acceptors (Lipinski definition) is 2. The Labute approximate surface area is 102 Å². The minimum absolute atomic E-state index is 0.107. The van der Waals surface area contributed by atoms with Crippen LogP contribution in [0.4, 0.5) is 4.79 Å². The van der Waals surface area contributed by atoms with Crippen LogP contribution < -0.4 is 10.6 Å². The van der Waals surface area contributed by atoms with Gasteiger partial charge in [0.25, 0.3) is 0 Å². The summed E-state index contributed by atoms with van der Waals surface area (Å²) in [5.41, 5.74) is 0. The minimum Gasteiger partial charge on any atom is -0.480 e. The molecule has 96 valence electrons. The monoisotopic (exact) mass is 240 g/mol. The van der Waals surface area contributed by atoms with Gasteiger partial charge in [0.05, 0.1) is 0 Å². The number of aliphatic carboxylic acids is 1. The quantitative estimate of drug-likeness (QED) is 0.462. The van der Waals surface area contributed by atoms with Gasteiger partial charge in [-0.25, -0.2) is 9.59 Å². The Balaban J connectivity index is 4.05. The molecule has 17 heavy (non-hydrogen) atoms. The molecule has 2 atom stereocenters. The van der Waals surface area contributed by atoms with Crippen LogP contribution in [-0.2, 0) is 4.79 Å². The molecule has 5 nitrogen and oxygen atoms in total. The zero-order valence-corrected chi connectivity index (χ0v) is 10.3. The minimum atomic E-state index is -1.02. The first-order valence-electron chi connectivity index (χ1n) is 5.73. The summed E-state index contributed by atoms with van der Waals surface area (Å²) in [4.78, 5) is 22.3. The van der Waals surface area contributed by atoms with Gasteiger partial charge in [0.15, 0.2) is 0 Å². The molecule has 0 aliphatic rings. The van der Waals surface area contributed by atoms with Gasteiger partial charge in [-0.1, -0.05) is 20.3 Å². The van der Waals surface area contributed by atoms with Gasteiger partial charge in [0.2, 0.25) is 0 Å². The van der Waals surface area contributed by atoms with E-state index in [0.29, 0.717) is 25.8 Å². The van der Waals surface area contributed by atoms with Crippen molar-refractivity contribution in [3.8, 4) is 12.3 Å². The lowest BCUT2D eigenvalue weighted by molar-refractivity contribution is -0.140. The van der Waals surface area contributed by atoms with Gasteiger partial charge in [0, 0.05) is 13.0 Å². The van der Waals surface area contributed by atoms with E-state index in [0.717, 1.165) is 0 Å². The molecule has 3 N–H and O–H groups in total. The molecule has 0 spiro atoms. The van der Waals surface area contributed by atoms with E-state index in [4.69, 9.17) is 11.5 Å². The Morgan fingerprint density at radius 3 is 2.59 bits per heavy atom. The molecule has 0 heterocycles. The van der Waals surface area contributed by atoms with Crippen molar-refractivity contribution in [2.24, 2.45) is 5.92 Å². The van der Waals surface area contributed by atoms with Crippen molar-refractivity contribution in [1.82, 2.24) is 10.6 Å². The summed E-state index contributed by atoms with van der Waals surface area (Å²) in [5, 5.41) is 14.0. The first kappa shape index (κ1) is 15.3. The maximum absolute atomic E-state index is 11.4. The lowest BCUT2D eigenvalue weighted by atomic mass is 9.99. The molecule has 0 bridgehead atoms. The number of nitrogens with one attached hydrogen (secondary N) is 2. The summed E-state index contributed by atoms with van der Waals surface area (Å²) in [6.45, 7) is 4.12. The van der Waals surface area contributed by atoms with Crippen molar-refractivity contribution in [2.75, 3.05) is 6.54 Å². The number of carboxylic acids is 1. The van der Waals surface area contributed by atoms with Crippen LogP contribution in [0.25, 0.3) is 0 Å². The van der Waals surface area contributed by atoms with E-state index in [2.05, 4.69) is 16.6 Å². The summed E-state index contributed by atoms with van der Waals surface area (Å²) in [6, 6.07) is -1.32. The lowest BCUT2D eigenvalue weighted by Gasteiger charge is -2.20.